The van der Waals surface area contributed by atoms with Crippen LogP contribution in [0.2, 0.25) is 0 Å². The van der Waals surface area contributed by atoms with E-state index in [0.717, 1.165) is 0 Å². The summed E-state index contributed by atoms with van der Waals surface area (Å²) in [6.45, 7) is 0. The minimum Gasteiger partial charge on any atom is -0.387 e. The van der Waals surface area contributed by atoms with Crippen LogP contribution in [0.1, 0.15) is 6.42 Å². The molecule has 0 bridgehead atoms. The lowest BCUT2D eigenvalue weighted by Crippen LogP contribution is -2.21. The summed E-state index contributed by atoms with van der Waals surface area (Å²) in [5, 5.41) is 13.2. The summed E-state index contributed by atoms with van der Waals surface area (Å²) < 4.78 is 0. The van der Waals surface area contributed by atoms with Crippen molar-refractivity contribution < 1.29 is 0 Å². The first-order valence-electron chi connectivity index (χ1n) is 3.34. The van der Waals surface area contributed by atoms with E-state index in [1.807, 2.05) is 0 Å². The highest BCUT2D eigenvalue weighted by atomic mass is 15.2. The van der Waals surface area contributed by atoms with Crippen LogP contribution in [0.4, 0.5) is 5.82 Å². The Morgan fingerprint density at radius 3 is 2.92 bits per heavy atom. The van der Waals surface area contributed by atoms with Crippen LogP contribution in [0.3, 0.4) is 0 Å². The summed E-state index contributed by atoms with van der Waals surface area (Å²) in [6, 6.07) is 1.67. The highest BCUT2D eigenvalue weighted by Gasteiger charge is 1.96. The van der Waals surface area contributed by atoms with Crippen molar-refractivity contribution in [3.05, 3.63) is 12.3 Å². The Balaban J connectivity index is 2.63. The van der Waals surface area contributed by atoms with Gasteiger partial charge >= 0.3 is 0 Å². The van der Waals surface area contributed by atoms with Crippen LogP contribution < -0.4 is 11.5 Å². The van der Waals surface area contributed by atoms with E-state index in [-0.39, 0.29) is 12.3 Å². The van der Waals surface area contributed by atoms with Gasteiger partial charge in [-0.15, -0.1) is 0 Å². The number of hydrogen-bond donors (Lipinski definition) is 4. The monoisotopic (exact) mass is 166 g/mol. The van der Waals surface area contributed by atoms with Gasteiger partial charge in [0.05, 0.1) is 18.5 Å². The topological polar surface area (TPSA) is 117 Å². The molecule has 6 nitrogen and oxygen atoms in total. The number of aromatic nitrogens is 2. The number of nitrogens with one attached hydrogen (secondary N) is 2. The van der Waals surface area contributed by atoms with Gasteiger partial charge in [-0.3, -0.25) is 10.5 Å². The fourth-order valence-corrected chi connectivity index (χ4v) is 0.700. The highest BCUT2D eigenvalue weighted by Crippen LogP contribution is 2.03. The Morgan fingerprint density at radius 2 is 2.42 bits per heavy atom. The molecule has 1 heterocycles. The first kappa shape index (κ1) is 8.25. The molecule has 0 atom stereocenters. The first-order chi connectivity index (χ1) is 5.68. The normalized spacial score (nSPS) is 11.5. The number of hydrogen-bond acceptors (Lipinski definition) is 3. The van der Waals surface area contributed by atoms with E-state index in [4.69, 9.17) is 16.9 Å². The van der Waals surface area contributed by atoms with Gasteiger partial charge in [-0.1, -0.05) is 0 Å². The van der Waals surface area contributed by atoms with Crippen LogP contribution >= 0.6 is 0 Å². The number of amidine groups is 2. The second-order valence-corrected chi connectivity index (χ2v) is 2.25. The molecule has 0 aromatic carbocycles. The Morgan fingerprint density at radius 1 is 1.67 bits per heavy atom. The standard InChI is InChI=1S/C6H10N6/c7-4(8)3-5(9)11-6-1-2-10-12-6/h1-2H,3H2,(H3,7,8)(H3,9,10,11,12). The molecule has 12 heavy (non-hydrogen) atoms. The fraction of sp³-hybridized carbons (Fsp3) is 0.167. The van der Waals surface area contributed by atoms with Gasteiger partial charge < -0.3 is 11.5 Å². The molecule has 0 aliphatic heterocycles. The van der Waals surface area contributed by atoms with Gasteiger partial charge in [0.1, 0.15) is 11.7 Å². The minimum absolute atomic E-state index is 0.00392. The number of H-pyrrole nitrogens is 1. The lowest BCUT2D eigenvalue weighted by molar-refractivity contribution is 1.08. The third kappa shape index (κ3) is 2.41. The SMILES string of the molecule is N=C(N)CC(N)=Nc1ccn[nH]1. The van der Waals surface area contributed by atoms with Gasteiger partial charge in [0.2, 0.25) is 0 Å². The number of nitrogens with two attached hydrogens (primary N) is 2. The summed E-state index contributed by atoms with van der Waals surface area (Å²) >= 11 is 0. The molecule has 6 heteroatoms. The number of aromatic amines is 1. The summed E-state index contributed by atoms with van der Waals surface area (Å²) in [6.07, 6.45) is 1.75. The largest absolute Gasteiger partial charge is 0.387 e. The van der Waals surface area contributed by atoms with E-state index >= 15 is 0 Å². The lowest BCUT2D eigenvalue weighted by atomic mass is 10.4. The molecule has 0 saturated heterocycles. The molecule has 0 fully saturated rings. The molecule has 0 aliphatic rings. The quantitative estimate of drug-likeness (QED) is 0.365. The Bertz CT molecular complexity index is 285. The summed E-state index contributed by atoms with van der Waals surface area (Å²) in [5.74, 6) is 0.858. The molecule has 0 spiro atoms. The smallest absolute Gasteiger partial charge is 0.149 e. The third-order valence-corrected chi connectivity index (χ3v) is 1.12. The zero-order chi connectivity index (χ0) is 8.97. The maximum atomic E-state index is 6.94. The summed E-state index contributed by atoms with van der Waals surface area (Å²) in [4.78, 5) is 3.91. The van der Waals surface area contributed by atoms with Gasteiger partial charge in [-0.05, 0) is 0 Å². The van der Waals surface area contributed by atoms with Gasteiger partial charge in [0, 0.05) is 6.07 Å². The molecule has 64 valence electrons. The Kier molecular flexibility index (Phi) is 2.42. The minimum atomic E-state index is -0.00392. The molecule has 6 N–H and O–H groups in total. The molecule has 1 rings (SSSR count). The molecule has 0 unspecified atom stereocenters. The maximum absolute atomic E-state index is 6.94. The van der Waals surface area contributed by atoms with Crippen LogP contribution in [0.25, 0.3) is 0 Å². The summed E-state index contributed by atoms with van der Waals surface area (Å²) in [7, 11) is 0. The van der Waals surface area contributed by atoms with Crippen molar-refractivity contribution in [1.29, 1.82) is 5.41 Å². The predicted octanol–water partition coefficient (Wildman–Crippen LogP) is -0.276. The van der Waals surface area contributed by atoms with Crippen LogP contribution in [-0.4, -0.2) is 21.9 Å². The van der Waals surface area contributed by atoms with E-state index in [0.29, 0.717) is 11.7 Å². The highest BCUT2D eigenvalue weighted by molar-refractivity contribution is 6.00. The van der Waals surface area contributed by atoms with Gasteiger partial charge in [-0.25, -0.2) is 4.99 Å². The van der Waals surface area contributed by atoms with Crippen molar-refractivity contribution in [3.8, 4) is 0 Å². The first-order valence-corrected chi connectivity index (χ1v) is 3.34. The van der Waals surface area contributed by atoms with Crippen molar-refractivity contribution in [2.45, 2.75) is 6.42 Å². The maximum Gasteiger partial charge on any atom is 0.149 e. The molecular weight excluding hydrogens is 156 g/mol. The number of aliphatic imine (C=N–C) groups is 1. The fourth-order valence-electron chi connectivity index (χ4n) is 0.700. The van der Waals surface area contributed by atoms with Gasteiger partial charge in [0.25, 0.3) is 0 Å². The molecule has 0 aliphatic carbocycles. The van der Waals surface area contributed by atoms with Crippen molar-refractivity contribution >= 4 is 17.5 Å². The van der Waals surface area contributed by atoms with E-state index in [2.05, 4.69) is 15.2 Å². The van der Waals surface area contributed by atoms with E-state index in [1.54, 1.807) is 12.3 Å². The van der Waals surface area contributed by atoms with Crippen LogP contribution in [-0.2, 0) is 0 Å². The van der Waals surface area contributed by atoms with Crippen molar-refractivity contribution in [1.82, 2.24) is 10.2 Å². The third-order valence-electron chi connectivity index (χ3n) is 1.12. The van der Waals surface area contributed by atoms with Crippen molar-refractivity contribution in [2.24, 2.45) is 16.5 Å². The van der Waals surface area contributed by atoms with Crippen LogP contribution in [0.15, 0.2) is 17.3 Å². The van der Waals surface area contributed by atoms with E-state index in [1.165, 1.54) is 0 Å². The van der Waals surface area contributed by atoms with Crippen LogP contribution in [0, 0.1) is 5.41 Å². The number of nitrogens with zero attached hydrogens (tertiary/aromatic N) is 2. The average molecular weight is 166 g/mol. The van der Waals surface area contributed by atoms with Crippen molar-refractivity contribution in [3.63, 3.8) is 0 Å². The van der Waals surface area contributed by atoms with E-state index in [9.17, 15) is 0 Å². The number of rotatable bonds is 3. The predicted molar refractivity (Wildman–Crippen MR) is 46.4 cm³/mol. The zero-order valence-corrected chi connectivity index (χ0v) is 6.41. The lowest BCUT2D eigenvalue weighted by Gasteiger charge is -1.95. The van der Waals surface area contributed by atoms with Crippen LogP contribution in [0.5, 0.6) is 0 Å². The molecule has 1 aromatic heterocycles. The molecule has 0 amide bonds. The zero-order valence-electron chi connectivity index (χ0n) is 6.41. The summed E-state index contributed by atoms with van der Waals surface area (Å²) in [5.41, 5.74) is 10.6. The Labute approximate surface area is 69.2 Å². The Hall–Kier alpha value is -1.85. The van der Waals surface area contributed by atoms with Crippen molar-refractivity contribution in [2.75, 3.05) is 0 Å². The average Bonchev–Trinajstić information content (AvgIpc) is 2.37. The molecule has 0 saturated carbocycles. The van der Waals surface area contributed by atoms with Gasteiger partial charge in [0.15, 0.2) is 0 Å². The molecular formula is C6H10N6. The van der Waals surface area contributed by atoms with E-state index < -0.39 is 0 Å². The molecule has 0 radical (unpaired) electrons. The second-order valence-electron chi connectivity index (χ2n) is 2.25. The second kappa shape index (κ2) is 3.51. The molecule has 1 aromatic rings. The van der Waals surface area contributed by atoms with Gasteiger partial charge in [-0.2, -0.15) is 5.10 Å².